The van der Waals surface area contributed by atoms with Gasteiger partial charge in [-0.25, -0.2) is 9.18 Å². The first kappa shape index (κ1) is 25.8. The lowest BCUT2D eigenvalue weighted by atomic mass is 9.91. The lowest BCUT2D eigenvalue weighted by Crippen LogP contribution is -2.72. The average Bonchev–Trinajstić information content (AvgIpc) is 2.62. The molecular formula is C15H9F13O2. The second-order valence-corrected chi connectivity index (χ2v) is 5.91. The first-order chi connectivity index (χ1) is 13.2. The maximum atomic E-state index is 13.6. The Morgan fingerprint density at radius 3 is 1.53 bits per heavy atom. The van der Waals surface area contributed by atoms with Crippen LogP contribution in [0, 0.1) is 6.92 Å². The average molecular weight is 468 g/mol. The van der Waals surface area contributed by atoms with Crippen LogP contribution in [0.4, 0.5) is 57.1 Å². The summed E-state index contributed by atoms with van der Waals surface area (Å²) in [4.78, 5) is 11.2. The van der Waals surface area contributed by atoms with Crippen LogP contribution in [0.2, 0.25) is 0 Å². The third-order valence-electron chi connectivity index (χ3n) is 3.69. The van der Waals surface area contributed by atoms with Crippen molar-refractivity contribution in [2.24, 2.45) is 0 Å². The van der Waals surface area contributed by atoms with Gasteiger partial charge in [0, 0.05) is 0 Å². The highest BCUT2D eigenvalue weighted by molar-refractivity contribution is 5.81. The van der Waals surface area contributed by atoms with E-state index < -0.39 is 53.9 Å². The Bertz CT molecular complexity index is 771. The van der Waals surface area contributed by atoms with Crippen molar-refractivity contribution in [3.63, 3.8) is 0 Å². The van der Waals surface area contributed by atoms with E-state index in [1.165, 1.54) is 6.92 Å². The highest BCUT2D eigenvalue weighted by atomic mass is 19.4. The van der Waals surface area contributed by atoms with Crippen molar-refractivity contribution in [3.05, 3.63) is 29.8 Å². The van der Waals surface area contributed by atoms with E-state index >= 15 is 0 Å². The van der Waals surface area contributed by atoms with Crippen LogP contribution >= 0.6 is 0 Å². The lowest BCUT2D eigenvalue weighted by molar-refractivity contribution is -0.421. The number of ether oxygens (including phenoxy) is 1. The molecule has 0 spiro atoms. The van der Waals surface area contributed by atoms with Gasteiger partial charge >= 0.3 is 41.5 Å². The zero-order chi connectivity index (χ0) is 24.0. The summed E-state index contributed by atoms with van der Waals surface area (Å²) in [6.45, 7) is -2.30. The van der Waals surface area contributed by atoms with E-state index in [4.69, 9.17) is 0 Å². The van der Waals surface area contributed by atoms with Crippen molar-refractivity contribution in [1.82, 2.24) is 0 Å². The molecule has 0 aromatic heterocycles. The molecule has 0 unspecified atom stereocenters. The molecule has 1 aromatic rings. The van der Waals surface area contributed by atoms with Crippen LogP contribution in [-0.2, 0) is 4.79 Å². The first-order valence-corrected chi connectivity index (χ1v) is 7.32. The third kappa shape index (κ3) is 3.66. The number of benzene rings is 1. The number of carbonyl (C=O) groups excluding carboxylic acids is 1. The minimum atomic E-state index is -7.97. The summed E-state index contributed by atoms with van der Waals surface area (Å²) in [6, 6.07) is 3.51. The number of alkyl halides is 13. The van der Waals surface area contributed by atoms with E-state index in [0.29, 0.717) is 17.7 Å². The first-order valence-electron chi connectivity index (χ1n) is 7.32. The zero-order valence-corrected chi connectivity index (χ0v) is 14.2. The van der Waals surface area contributed by atoms with Gasteiger partial charge in [0.2, 0.25) is 0 Å². The van der Waals surface area contributed by atoms with E-state index in [2.05, 4.69) is 4.74 Å². The standard InChI is InChI=1S/C15H9F13O2/c1-7-2-4-8(5-3-7)30-9(29)11(19,20)13(23,24)15(27,28)14(25,26)12(21,22)10(17,18)6-16/h2-5H,6H2,1H3. The number of aryl methyl sites for hydroxylation is 1. The Morgan fingerprint density at radius 1 is 0.733 bits per heavy atom. The van der Waals surface area contributed by atoms with Crippen molar-refractivity contribution < 1.29 is 66.6 Å². The molecule has 0 amide bonds. The maximum absolute atomic E-state index is 13.6. The Morgan fingerprint density at radius 2 is 1.13 bits per heavy atom. The molecule has 0 fully saturated rings. The SMILES string of the molecule is Cc1ccc(OC(=O)C(F)(F)C(F)(F)C(F)(F)C(F)(F)C(F)(F)C(F)(F)CF)cc1. The quantitative estimate of drug-likeness (QED) is 0.279. The van der Waals surface area contributed by atoms with Crippen molar-refractivity contribution in [1.29, 1.82) is 0 Å². The summed E-state index contributed by atoms with van der Waals surface area (Å²) in [5.74, 6) is -49.2. The molecule has 0 atom stereocenters. The molecule has 0 saturated carbocycles. The molecule has 30 heavy (non-hydrogen) atoms. The Hall–Kier alpha value is -2.22. The fourth-order valence-corrected chi connectivity index (χ4v) is 1.81. The van der Waals surface area contributed by atoms with Crippen molar-refractivity contribution in [3.8, 4) is 5.75 Å². The Labute approximate surface area is 158 Å². The summed E-state index contributed by atoms with van der Waals surface area (Å²) >= 11 is 0. The molecule has 0 aliphatic carbocycles. The van der Waals surface area contributed by atoms with Gasteiger partial charge < -0.3 is 4.74 Å². The molecule has 0 saturated heterocycles. The highest BCUT2D eigenvalue weighted by Crippen LogP contribution is 2.60. The van der Waals surface area contributed by atoms with Crippen molar-refractivity contribution >= 4 is 5.97 Å². The highest BCUT2D eigenvalue weighted by Gasteiger charge is 2.91. The maximum Gasteiger partial charge on any atom is 0.411 e. The second-order valence-electron chi connectivity index (χ2n) is 5.91. The minimum Gasteiger partial charge on any atom is -0.422 e. The van der Waals surface area contributed by atoms with Crippen LogP contribution in [-0.4, -0.2) is 48.2 Å². The fourth-order valence-electron chi connectivity index (χ4n) is 1.81. The molecule has 0 bridgehead atoms. The summed E-state index contributed by atoms with van der Waals surface area (Å²) in [5.41, 5.74) is 0.411. The second kappa shape index (κ2) is 7.48. The molecule has 15 heteroatoms. The lowest BCUT2D eigenvalue weighted by Gasteiger charge is -2.40. The molecule has 0 N–H and O–H groups in total. The molecular weight excluding hydrogens is 459 g/mol. The van der Waals surface area contributed by atoms with Gasteiger partial charge in [-0.3, -0.25) is 0 Å². The smallest absolute Gasteiger partial charge is 0.411 e. The molecule has 0 aliphatic heterocycles. The summed E-state index contributed by atoms with van der Waals surface area (Å²) in [5, 5.41) is 0. The summed E-state index contributed by atoms with van der Waals surface area (Å²) in [7, 11) is 0. The Kier molecular flexibility index (Phi) is 6.44. The zero-order valence-electron chi connectivity index (χ0n) is 14.2. The van der Waals surface area contributed by atoms with E-state index in [-0.39, 0.29) is 0 Å². The predicted octanol–water partition coefficient (Wildman–Crippen LogP) is 5.68. The van der Waals surface area contributed by atoms with Gasteiger partial charge in [-0.2, -0.15) is 52.7 Å². The third-order valence-corrected chi connectivity index (χ3v) is 3.69. The predicted molar refractivity (Wildman–Crippen MR) is 72.5 cm³/mol. The molecule has 2 nitrogen and oxygen atoms in total. The fraction of sp³-hybridized carbons (Fsp3) is 0.533. The molecule has 1 rings (SSSR count). The topological polar surface area (TPSA) is 26.3 Å². The molecule has 0 aliphatic rings. The van der Waals surface area contributed by atoms with Crippen LogP contribution in [0.15, 0.2) is 24.3 Å². The minimum absolute atomic E-state index is 0.411. The van der Waals surface area contributed by atoms with Gasteiger partial charge in [-0.15, -0.1) is 0 Å². The largest absolute Gasteiger partial charge is 0.422 e. The van der Waals surface area contributed by atoms with Crippen LogP contribution in [0.5, 0.6) is 5.75 Å². The molecule has 0 radical (unpaired) electrons. The van der Waals surface area contributed by atoms with E-state index in [9.17, 15) is 61.9 Å². The van der Waals surface area contributed by atoms with Gasteiger partial charge in [0.15, 0.2) is 6.67 Å². The molecule has 0 heterocycles. The molecule has 172 valence electrons. The normalized spacial score (nSPS) is 14.6. The van der Waals surface area contributed by atoms with Gasteiger partial charge in [0.1, 0.15) is 5.75 Å². The Balaban J connectivity index is 3.39. The van der Waals surface area contributed by atoms with Crippen LogP contribution in [0.25, 0.3) is 0 Å². The number of rotatable bonds is 8. The molecule has 1 aromatic carbocycles. The van der Waals surface area contributed by atoms with Gasteiger partial charge in [-0.1, -0.05) is 17.7 Å². The number of hydrogen-bond acceptors (Lipinski definition) is 2. The monoisotopic (exact) mass is 468 g/mol. The van der Waals surface area contributed by atoms with Gasteiger partial charge in [0.25, 0.3) is 0 Å². The van der Waals surface area contributed by atoms with Crippen LogP contribution in [0.3, 0.4) is 0 Å². The van der Waals surface area contributed by atoms with Gasteiger partial charge in [-0.05, 0) is 19.1 Å². The van der Waals surface area contributed by atoms with E-state index in [1.807, 2.05) is 0 Å². The van der Waals surface area contributed by atoms with E-state index in [1.54, 1.807) is 0 Å². The van der Waals surface area contributed by atoms with Crippen LogP contribution in [0.1, 0.15) is 5.56 Å². The van der Waals surface area contributed by atoms with Crippen LogP contribution < -0.4 is 4.74 Å². The van der Waals surface area contributed by atoms with E-state index in [0.717, 1.165) is 12.1 Å². The number of carbonyl (C=O) groups is 1. The number of esters is 1. The van der Waals surface area contributed by atoms with Crippen molar-refractivity contribution in [2.75, 3.05) is 6.67 Å². The summed E-state index contributed by atoms with van der Waals surface area (Å²) < 4.78 is 175. The number of halogens is 13. The van der Waals surface area contributed by atoms with Crippen molar-refractivity contribution in [2.45, 2.75) is 42.5 Å². The summed E-state index contributed by atoms with van der Waals surface area (Å²) in [6.07, 6.45) is 0. The number of hydrogen-bond donors (Lipinski definition) is 0. The van der Waals surface area contributed by atoms with Gasteiger partial charge in [0.05, 0.1) is 0 Å².